The summed E-state index contributed by atoms with van der Waals surface area (Å²) in [6.45, 7) is 3.59. The van der Waals surface area contributed by atoms with Crippen molar-refractivity contribution >= 4 is 0 Å². The maximum absolute atomic E-state index is 5.52. The van der Waals surface area contributed by atoms with Crippen LogP contribution in [-0.2, 0) is 11.2 Å². The Bertz CT molecular complexity index is 379. The molecule has 1 aromatic carbocycles. The predicted octanol–water partition coefficient (Wildman–Crippen LogP) is 3.05. The van der Waals surface area contributed by atoms with Crippen LogP contribution in [0.5, 0.6) is 5.75 Å². The van der Waals surface area contributed by atoms with E-state index >= 15 is 0 Å². The molecular weight excluding hydrogens is 226 g/mol. The Morgan fingerprint density at radius 1 is 1.39 bits per heavy atom. The summed E-state index contributed by atoms with van der Waals surface area (Å²) in [6.07, 6.45) is 4.85. The average Bonchev–Trinajstić information content (AvgIpc) is 2.42. The summed E-state index contributed by atoms with van der Waals surface area (Å²) in [7, 11) is 1.64. The fraction of sp³-hybridized carbons (Fsp3) is 0.600. The summed E-state index contributed by atoms with van der Waals surface area (Å²) >= 11 is 0. The number of aryl methyl sites for hydroxylation is 1. The van der Waals surface area contributed by atoms with Crippen molar-refractivity contribution < 1.29 is 9.47 Å². The van der Waals surface area contributed by atoms with Gasteiger partial charge in [0.05, 0.1) is 0 Å². The van der Waals surface area contributed by atoms with E-state index in [1.807, 2.05) is 6.07 Å². The molecule has 1 aromatic rings. The first-order chi connectivity index (χ1) is 8.85. The van der Waals surface area contributed by atoms with Gasteiger partial charge in [0.2, 0.25) is 0 Å². The topological polar surface area (TPSA) is 30.5 Å². The Morgan fingerprint density at radius 2 is 2.28 bits per heavy atom. The number of fused-ring (bicyclic) bond motifs is 1. The van der Waals surface area contributed by atoms with Crippen LogP contribution < -0.4 is 10.1 Å². The molecule has 1 N–H and O–H groups in total. The first-order valence-corrected chi connectivity index (χ1v) is 6.83. The standard InChI is InChI=1S/C15H23NO2/c1-3-9-16-15-6-4-5-12-7-8-13(10-14(12)15)18-11-17-2/h7-8,10,15-16H,3-6,9,11H2,1-2H3. The lowest BCUT2D eigenvalue weighted by Crippen LogP contribution is -2.25. The first kappa shape index (κ1) is 13.4. The predicted molar refractivity (Wildman–Crippen MR) is 72.9 cm³/mol. The Balaban J connectivity index is 2.12. The van der Waals surface area contributed by atoms with Crippen LogP contribution >= 0.6 is 0 Å². The molecule has 100 valence electrons. The van der Waals surface area contributed by atoms with E-state index < -0.39 is 0 Å². The zero-order valence-corrected chi connectivity index (χ0v) is 11.4. The van der Waals surface area contributed by atoms with Crippen LogP contribution in [0, 0.1) is 0 Å². The summed E-state index contributed by atoms with van der Waals surface area (Å²) in [6, 6.07) is 6.89. The molecule has 0 fully saturated rings. The number of hydrogen-bond acceptors (Lipinski definition) is 3. The molecule has 0 saturated carbocycles. The molecule has 0 aliphatic heterocycles. The molecule has 0 heterocycles. The third kappa shape index (κ3) is 3.24. The minimum atomic E-state index is 0.311. The zero-order chi connectivity index (χ0) is 12.8. The zero-order valence-electron chi connectivity index (χ0n) is 11.4. The third-order valence-corrected chi connectivity index (χ3v) is 3.42. The minimum Gasteiger partial charge on any atom is -0.468 e. The lowest BCUT2D eigenvalue weighted by molar-refractivity contribution is 0.0510. The molecule has 1 atom stereocenters. The first-order valence-electron chi connectivity index (χ1n) is 6.83. The van der Waals surface area contributed by atoms with Gasteiger partial charge in [0.25, 0.3) is 0 Å². The molecule has 0 spiro atoms. The van der Waals surface area contributed by atoms with E-state index in [0.717, 1.165) is 12.3 Å². The van der Waals surface area contributed by atoms with Crippen molar-refractivity contribution in [1.29, 1.82) is 0 Å². The fourth-order valence-electron chi connectivity index (χ4n) is 2.52. The number of benzene rings is 1. The molecule has 1 aliphatic rings. The number of nitrogens with one attached hydrogen (secondary N) is 1. The van der Waals surface area contributed by atoms with Crippen LogP contribution in [0.4, 0.5) is 0 Å². The van der Waals surface area contributed by atoms with Gasteiger partial charge in [0, 0.05) is 13.2 Å². The Labute approximate surface area is 109 Å². The summed E-state index contributed by atoms with van der Waals surface area (Å²) in [5.74, 6) is 0.904. The summed E-state index contributed by atoms with van der Waals surface area (Å²) in [4.78, 5) is 0. The van der Waals surface area contributed by atoms with Crippen molar-refractivity contribution in [3.63, 3.8) is 0 Å². The van der Waals surface area contributed by atoms with Gasteiger partial charge in [-0.05, 0) is 55.5 Å². The molecule has 18 heavy (non-hydrogen) atoms. The molecule has 0 amide bonds. The number of methoxy groups -OCH3 is 1. The largest absolute Gasteiger partial charge is 0.468 e. The molecule has 0 aromatic heterocycles. The van der Waals surface area contributed by atoms with Gasteiger partial charge in [0.1, 0.15) is 5.75 Å². The number of rotatable bonds is 6. The van der Waals surface area contributed by atoms with Crippen LogP contribution in [0.2, 0.25) is 0 Å². The van der Waals surface area contributed by atoms with Crippen LogP contribution in [0.1, 0.15) is 43.4 Å². The number of ether oxygens (including phenoxy) is 2. The van der Waals surface area contributed by atoms with Crippen molar-refractivity contribution in [2.45, 2.75) is 38.6 Å². The van der Waals surface area contributed by atoms with Gasteiger partial charge in [-0.15, -0.1) is 0 Å². The normalized spacial score (nSPS) is 18.4. The molecule has 0 saturated heterocycles. The molecule has 3 heteroatoms. The molecular formula is C15H23NO2. The fourth-order valence-corrected chi connectivity index (χ4v) is 2.52. The van der Waals surface area contributed by atoms with E-state index in [1.165, 1.54) is 36.8 Å². The number of hydrogen-bond donors (Lipinski definition) is 1. The van der Waals surface area contributed by atoms with Crippen molar-refractivity contribution in [2.24, 2.45) is 0 Å². The van der Waals surface area contributed by atoms with Crippen LogP contribution in [0.15, 0.2) is 18.2 Å². The Hall–Kier alpha value is -1.06. The second kappa shape index (κ2) is 6.76. The van der Waals surface area contributed by atoms with E-state index in [4.69, 9.17) is 9.47 Å². The van der Waals surface area contributed by atoms with Gasteiger partial charge >= 0.3 is 0 Å². The van der Waals surface area contributed by atoms with E-state index in [1.54, 1.807) is 7.11 Å². The quantitative estimate of drug-likeness (QED) is 0.786. The van der Waals surface area contributed by atoms with E-state index in [0.29, 0.717) is 12.8 Å². The van der Waals surface area contributed by atoms with Gasteiger partial charge in [-0.25, -0.2) is 0 Å². The highest BCUT2D eigenvalue weighted by atomic mass is 16.7. The van der Waals surface area contributed by atoms with Gasteiger partial charge < -0.3 is 14.8 Å². The second-order valence-electron chi connectivity index (χ2n) is 4.81. The van der Waals surface area contributed by atoms with Gasteiger partial charge in [0.15, 0.2) is 6.79 Å². The van der Waals surface area contributed by atoms with Gasteiger partial charge in [-0.3, -0.25) is 0 Å². The van der Waals surface area contributed by atoms with E-state index in [2.05, 4.69) is 24.4 Å². The highest BCUT2D eigenvalue weighted by molar-refractivity contribution is 5.39. The maximum atomic E-state index is 5.52. The molecule has 1 unspecified atom stereocenters. The lowest BCUT2D eigenvalue weighted by atomic mass is 9.87. The smallest absolute Gasteiger partial charge is 0.188 e. The molecule has 0 radical (unpaired) electrons. The highest BCUT2D eigenvalue weighted by Crippen LogP contribution is 2.32. The molecule has 1 aliphatic carbocycles. The van der Waals surface area contributed by atoms with Crippen LogP contribution in [-0.4, -0.2) is 20.4 Å². The van der Waals surface area contributed by atoms with E-state index in [-0.39, 0.29) is 0 Å². The summed E-state index contributed by atoms with van der Waals surface area (Å²) in [5, 5.41) is 3.62. The average molecular weight is 249 g/mol. The van der Waals surface area contributed by atoms with Crippen LogP contribution in [0.25, 0.3) is 0 Å². The van der Waals surface area contributed by atoms with Crippen molar-refractivity contribution in [2.75, 3.05) is 20.4 Å². The van der Waals surface area contributed by atoms with Gasteiger partial charge in [-0.1, -0.05) is 13.0 Å². The summed E-state index contributed by atoms with van der Waals surface area (Å²) in [5.41, 5.74) is 2.86. The Kier molecular flexibility index (Phi) is 5.02. The molecule has 0 bridgehead atoms. The maximum Gasteiger partial charge on any atom is 0.188 e. The van der Waals surface area contributed by atoms with Crippen molar-refractivity contribution in [3.05, 3.63) is 29.3 Å². The SMILES string of the molecule is CCCNC1CCCc2ccc(OCOC)cc21. The molecule has 3 nitrogen and oxygen atoms in total. The van der Waals surface area contributed by atoms with Crippen molar-refractivity contribution in [1.82, 2.24) is 5.32 Å². The second-order valence-corrected chi connectivity index (χ2v) is 4.81. The monoisotopic (exact) mass is 249 g/mol. The van der Waals surface area contributed by atoms with Gasteiger partial charge in [-0.2, -0.15) is 0 Å². The lowest BCUT2D eigenvalue weighted by Gasteiger charge is -2.27. The van der Waals surface area contributed by atoms with Crippen molar-refractivity contribution in [3.8, 4) is 5.75 Å². The minimum absolute atomic E-state index is 0.311. The Morgan fingerprint density at radius 3 is 3.06 bits per heavy atom. The van der Waals surface area contributed by atoms with E-state index in [9.17, 15) is 0 Å². The molecule has 2 rings (SSSR count). The highest BCUT2D eigenvalue weighted by Gasteiger charge is 2.19. The summed E-state index contributed by atoms with van der Waals surface area (Å²) < 4.78 is 10.5. The van der Waals surface area contributed by atoms with Crippen LogP contribution in [0.3, 0.4) is 0 Å². The third-order valence-electron chi connectivity index (χ3n) is 3.42.